The van der Waals surface area contributed by atoms with Gasteiger partial charge in [-0.2, -0.15) is 13.2 Å². The number of benzene rings is 2. The summed E-state index contributed by atoms with van der Waals surface area (Å²) in [6.45, 7) is -0.353. The summed E-state index contributed by atoms with van der Waals surface area (Å²) < 4.78 is 52.8. The lowest BCUT2D eigenvalue weighted by Crippen LogP contribution is -2.35. The number of rotatable bonds is 6. The third-order valence-corrected chi connectivity index (χ3v) is 11.1. The number of carbonyl (C=O) groups excluding carboxylic acids is 1. The van der Waals surface area contributed by atoms with Crippen LogP contribution in [0.25, 0.3) is 0 Å². The zero-order valence-electron chi connectivity index (χ0n) is 21.3. The molecule has 11 heteroatoms. The topological polar surface area (TPSA) is 69.6 Å². The highest BCUT2D eigenvalue weighted by Crippen LogP contribution is 2.64. The molecule has 0 saturated heterocycles. The van der Waals surface area contributed by atoms with Crippen LogP contribution in [0.5, 0.6) is 11.5 Å². The number of aromatic nitrogens is 1. The minimum absolute atomic E-state index is 0.0330. The number of thiazole rings is 1. The van der Waals surface area contributed by atoms with E-state index in [1.165, 1.54) is 29.2 Å². The van der Waals surface area contributed by atoms with Crippen LogP contribution in [0, 0.1) is 17.8 Å². The van der Waals surface area contributed by atoms with E-state index < -0.39 is 17.6 Å². The van der Waals surface area contributed by atoms with Crippen LogP contribution in [0.15, 0.2) is 52.3 Å². The highest BCUT2D eigenvalue weighted by Gasteiger charge is 2.55. The number of thioether (sulfide) groups is 1. The Kier molecular flexibility index (Phi) is 6.69. The second kappa shape index (κ2) is 9.92. The van der Waals surface area contributed by atoms with Gasteiger partial charge in [-0.05, 0) is 66.8 Å². The summed E-state index contributed by atoms with van der Waals surface area (Å²) in [5.74, 6) is 1.99. The zero-order valence-corrected chi connectivity index (χ0v) is 22.9. The van der Waals surface area contributed by atoms with E-state index in [1.54, 1.807) is 26.0 Å². The SMILES string of the molecule is COc1ccc([C@H]2c3sc(=O)n(CC(=O)Nc4ccccc4C(F)(F)F)c3SC3C4CCC(C4)C32)cc1OC. The van der Waals surface area contributed by atoms with Gasteiger partial charge in [-0.15, -0.1) is 11.8 Å². The molecular formula is C28H27F3N2O4S2. The van der Waals surface area contributed by atoms with Crippen molar-refractivity contribution in [2.75, 3.05) is 19.5 Å². The molecule has 4 unspecified atom stereocenters. The predicted molar refractivity (Wildman–Crippen MR) is 144 cm³/mol. The van der Waals surface area contributed by atoms with Crippen molar-refractivity contribution in [3.63, 3.8) is 0 Å². The Balaban J connectivity index is 1.37. The molecule has 1 N–H and O–H groups in total. The molecule has 3 aromatic rings. The summed E-state index contributed by atoms with van der Waals surface area (Å²) in [5, 5.41) is 3.44. The Hall–Kier alpha value is -2.92. The van der Waals surface area contributed by atoms with Crippen LogP contribution in [0.1, 0.15) is 41.2 Å². The van der Waals surface area contributed by atoms with Crippen LogP contribution in [-0.4, -0.2) is 29.9 Å². The summed E-state index contributed by atoms with van der Waals surface area (Å²) in [6, 6.07) is 10.7. The van der Waals surface area contributed by atoms with E-state index >= 15 is 0 Å². The Bertz CT molecular complexity index is 1480. The van der Waals surface area contributed by atoms with Crippen molar-refractivity contribution in [2.24, 2.45) is 17.8 Å². The second-order valence-electron chi connectivity index (χ2n) is 10.3. The van der Waals surface area contributed by atoms with Gasteiger partial charge in [0.05, 0.1) is 30.5 Å². The summed E-state index contributed by atoms with van der Waals surface area (Å²) in [4.78, 5) is 26.9. The first-order valence-corrected chi connectivity index (χ1v) is 14.5. The lowest BCUT2D eigenvalue weighted by Gasteiger charge is -2.40. The smallest absolute Gasteiger partial charge is 0.418 e. The Morgan fingerprint density at radius 2 is 1.82 bits per heavy atom. The Morgan fingerprint density at radius 3 is 2.56 bits per heavy atom. The summed E-state index contributed by atoms with van der Waals surface area (Å²) in [5.41, 5.74) is -0.212. The van der Waals surface area contributed by atoms with Crippen LogP contribution < -0.4 is 19.7 Å². The molecule has 1 aromatic heterocycles. The van der Waals surface area contributed by atoms with Crippen LogP contribution in [0.2, 0.25) is 0 Å². The Morgan fingerprint density at radius 1 is 1.08 bits per heavy atom. The van der Waals surface area contributed by atoms with Gasteiger partial charge >= 0.3 is 11.0 Å². The number of amides is 1. The number of anilines is 1. The van der Waals surface area contributed by atoms with E-state index in [-0.39, 0.29) is 23.0 Å². The maximum atomic E-state index is 13.4. The molecule has 0 spiro atoms. The quantitative estimate of drug-likeness (QED) is 0.377. The molecule has 1 aliphatic heterocycles. The van der Waals surface area contributed by atoms with Crippen molar-refractivity contribution in [1.29, 1.82) is 0 Å². The van der Waals surface area contributed by atoms with Crippen LogP contribution in [0.4, 0.5) is 18.9 Å². The lowest BCUT2D eigenvalue weighted by molar-refractivity contribution is -0.137. The monoisotopic (exact) mass is 576 g/mol. The van der Waals surface area contributed by atoms with E-state index in [1.807, 2.05) is 18.2 Å². The van der Waals surface area contributed by atoms with Crippen molar-refractivity contribution < 1.29 is 27.4 Å². The van der Waals surface area contributed by atoms with E-state index in [4.69, 9.17) is 9.47 Å². The van der Waals surface area contributed by atoms with Gasteiger partial charge in [-0.3, -0.25) is 14.2 Å². The number of hydrogen-bond acceptors (Lipinski definition) is 6. The maximum Gasteiger partial charge on any atom is 0.418 e. The molecule has 0 radical (unpaired) electrons. The number of fused-ring (bicyclic) bond motifs is 6. The average molecular weight is 577 g/mol. The van der Waals surface area contributed by atoms with Crippen LogP contribution in [-0.2, 0) is 17.5 Å². The molecule has 3 aliphatic rings. The van der Waals surface area contributed by atoms with Gasteiger partial charge in [0.15, 0.2) is 11.5 Å². The first-order valence-electron chi connectivity index (χ1n) is 12.8. The summed E-state index contributed by atoms with van der Waals surface area (Å²) in [6.07, 6.45) is -1.14. The van der Waals surface area contributed by atoms with Gasteiger partial charge in [0.25, 0.3) is 0 Å². The van der Waals surface area contributed by atoms with Gasteiger partial charge in [0, 0.05) is 16.0 Å². The highest BCUT2D eigenvalue weighted by atomic mass is 32.2. The third kappa shape index (κ3) is 4.53. The average Bonchev–Trinajstić information content (AvgIpc) is 3.61. The molecule has 39 heavy (non-hydrogen) atoms. The fraction of sp³-hybridized carbons (Fsp3) is 0.429. The van der Waals surface area contributed by atoms with Gasteiger partial charge in [-0.25, -0.2) is 0 Å². The first kappa shape index (κ1) is 26.3. The van der Waals surface area contributed by atoms with Crippen molar-refractivity contribution >= 4 is 34.7 Å². The zero-order chi connectivity index (χ0) is 27.5. The lowest BCUT2D eigenvalue weighted by atomic mass is 9.75. The van der Waals surface area contributed by atoms with Gasteiger partial charge in [0.1, 0.15) is 6.54 Å². The van der Waals surface area contributed by atoms with Crippen molar-refractivity contribution in [3.8, 4) is 11.5 Å². The van der Waals surface area contributed by atoms with Crippen molar-refractivity contribution in [2.45, 2.75) is 48.2 Å². The molecule has 2 aliphatic carbocycles. The fourth-order valence-corrected chi connectivity index (χ4v) is 9.83. The first-order chi connectivity index (χ1) is 18.7. The number of ether oxygens (including phenoxy) is 2. The molecule has 1 amide bonds. The van der Waals surface area contributed by atoms with Crippen molar-refractivity contribution in [3.05, 3.63) is 68.1 Å². The molecule has 2 aromatic carbocycles. The number of methoxy groups -OCH3 is 2. The van der Waals surface area contributed by atoms with E-state index in [0.29, 0.717) is 34.5 Å². The molecule has 2 heterocycles. The maximum absolute atomic E-state index is 13.4. The third-order valence-electron chi connectivity index (χ3n) is 8.27. The molecule has 6 rings (SSSR count). The minimum atomic E-state index is -4.61. The fourth-order valence-electron chi connectivity index (χ4n) is 6.68. The summed E-state index contributed by atoms with van der Waals surface area (Å²) in [7, 11) is 3.18. The molecule has 2 bridgehead atoms. The molecular weight excluding hydrogens is 549 g/mol. The predicted octanol–water partition coefficient (Wildman–Crippen LogP) is 6.24. The molecule has 5 atom stereocenters. The molecule has 2 fully saturated rings. The van der Waals surface area contributed by atoms with E-state index in [2.05, 4.69) is 5.32 Å². The summed E-state index contributed by atoms with van der Waals surface area (Å²) >= 11 is 2.80. The number of hydrogen-bond donors (Lipinski definition) is 1. The van der Waals surface area contributed by atoms with Crippen molar-refractivity contribution in [1.82, 2.24) is 4.57 Å². The molecule has 6 nitrogen and oxygen atoms in total. The normalized spacial score (nSPS) is 25.2. The number of nitrogens with zero attached hydrogens (tertiary/aromatic N) is 1. The highest BCUT2D eigenvalue weighted by molar-refractivity contribution is 8.00. The van der Waals surface area contributed by atoms with Gasteiger partial charge < -0.3 is 14.8 Å². The number of carbonyl (C=O) groups is 1. The van der Waals surface area contributed by atoms with E-state index in [0.717, 1.165) is 45.7 Å². The van der Waals surface area contributed by atoms with Gasteiger partial charge in [0.2, 0.25) is 5.91 Å². The number of para-hydroxylation sites is 1. The Labute approximate surface area is 231 Å². The van der Waals surface area contributed by atoms with Gasteiger partial charge in [-0.1, -0.05) is 29.5 Å². The number of nitrogens with one attached hydrogen (secondary N) is 1. The van der Waals surface area contributed by atoms with Crippen LogP contribution >= 0.6 is 23.1 Å². The second-order valence-corrected chi connectivity index (χ2v) is 12.5. The molecule has 2 saturated carbocycles. The standard InChI is InChI=1S/C28H27F3N2O4S2/c1-36-19-10-9-15(12-20(19)37-2)23-22-14-7-8-16(11-14)24(22)38-26-25(23)39-27(35)33(26)13-21(34)32-18-6-4-3-5-17(18)28(29,30)31/h3-6,9-10,12,14,16,22-24H,7-8,11,13H2,1-2H3,(H,32,34)/t14?,16?,22?,23-,24?/m1/s1. The largest absolute Gasteiger partial charge is 0.493 e. The van der Waals surface area contributed by atoms with E-state index in [9.17, 15) is 22.8 Å². The number of alkyl halides is 3. The minimum Gasteiger partial charge on any atom is -0.493 e. The number of halogens is 3. The molecule has 206 valence electrons. The van der Waals surface area contributed by atoms with Crippen LogP contribution in [0.3, 0.4) is 0 Å².